The van der Waals surface area contributed by atoms with Crippen LogP contribution < -0.4 is 5.73 Å². The first-order valence-corrected chi connectivity index (χ1v) is 5.20. The maximum absolute atomic E-state index is 11.2. The fraction of sp³-hybridized carbons (Fsp3) is 0.545. The van der Waals surface area contributed by atoms with Crippen molar-refractivity contribution >= 4 is 18.0 Å². The topological polar surface area (TPSA) is 81.8 Å². The van der Waals surface area contributed by atoms with E-state index in [4.69, 9.17) is 10.5 Å². The number of hydrogen-bond donors (Lipinski definition) is 1. The molecule has 0 radical (unpaired) electrons. The summed E-state index contributed by atoms with van der Waals surface area (Å²) in [5.41, 5.74) is 5.49. The van der Waals surface area contributed by atoms with Crippen molar-refractivity contribution in [1.29, 1.82) is 0 Å². The molecule has 0 atom stereocenters. The summed E-state index contributed by atoms with van der Waals surface area (Å²) in [7, 11) is 0. The predicted octanol–water partition coefficient (Wildman–Crippen LogP) is 0.832. The van der Waals surface area contributed by atoms with Crippen LogP contribution in [0.15, 0.2) is 16.8 Å². The van der Waals surface area contributed by atoms with Gasteiger partial charge < -0.3 is 15.3 Å². The normalized spacial score (nSPS) is 11.8. The van der Waals surface area contributed by atoms with E-state index in [1.54, 1.807) is 6.92 Å². The van der Waals surface area contributed by atoms with Gasteiger partial charge in [-0.2, -0.15) is 0 Å². The zero-order chi connectivity index (χ0) is 12.4. The SMILES string of the molecule is CCOC(=O)C(C=NCCCC(C)=O)=CN. The molecule has 0 heterocycles. The highest BCUT2D eigenvalue weighted by Gasteiger charge is 2.06. The number of carbonyl (C=O) groups excluding carboxylic acids is 2. The molecule has 90 valence electrons. The molecule has 0 aromatic rings. The van der Waals surface area contributed by atoms with E-state index in [1.165, 1.54) is 13.1 Å². The van der Waals surface area contributed by atoms with Gasteiger partial charge in [-0.05, 0) is 20.3 Å². The Hall–Kier alpha value is -1.65. The number of Topliss-reactive ketones (excluding diaryl/α,β-unsaturated/α-hetero) is 1. The minimum atomic E-state index is -0.486. The van der Waals surface area contributed by atoms with Gasteiger partial charge in [-0.1, -0.05) is 0 Å². The molecular formula is C11H18N2O3. The number of carbonyl (C=O) groups is 2. The zero-order valence-corrected chi connectivity index (χ0v) is 9.73. The lowest BCUT2D eigenvalue weighted by molar-refractivity contribution is -0.137. The molecule has 0 saturated carbocycles. The minimum absolute atomic E-state index is 0.134. The first-order valence-electron chi connectivity index (χ1n) is 5.20. The molecule has 5 heteroatoms. The Kier molecular flexibility index (Phi) is 7.75. The molecule has 0 aromatic heterocycles. The Morgan fingerprint density at radius 1 is 1.44 bits per heavy atom. The van der Waals surface area contributed by atoms with E-state index in [1.807, 2.05) is 0 Å². The standard InChI is InChI=1S/C11H18N2O3/c1-3-16-11(15)10(7-12)8-13-6-4-5-9(2)14/h7-8H,3-6,12H2,1-2H3. The maximum atomic E-state index is 11.2. The van der Waals surface area contributed by atoms with Gasteiger partial charge in [0.05, 0.1) is 12.2 Å². The van der Waals surface area contributed by atoms with Crippen molar-refractivity contribution in [2.24, 2.45) is 10.7 Å². The summed E-state index contributed by atoms with van der Waals surface area (Å²) in [6, 6.07) is 0. The molecule has 2 N–H and O–H groups in total. The predicted molar refractivity (Wildman–Crippen MR) is 62.2 cm³/mol. The summed E-state index contributed by atoms with van der Waals surface area (Å²) < 4.78 is 4.76. The number of aliphatic imine (C=N–C) groups is 1. The van der Waals surface area contributed by atoms with Crippen LogP contribution in [0.3, 0.4) is 0 Å². The van der Waals surface area contributed by atoms with E-state index < -0.39 is 5.97 Å². The summed E-state index contributed by atoms with van der Waals surface area (Å²) >= 11 is 0. The largest absolute Gasteiger partial charge is 0.462 e. The first kappa shape index (κ1) is 14.3. The average Bonchev–Trinajstić information content (AvgIpc) is 2.23. The number of ketones is 1. The molecular weight excluding hydrogens is 208 g/mol. The molecule has 0 aliphatic carbocycles. The third kappa shape index (κ3) is 6.75. The molecule has 0 bridgehead atoms. The first-order chi connectivity index (χ1) is 7.61. The van der Waals surface area contributed by atoms with Gasteiger partial charge in [0.15, 0.2) is 0 Å². The molecule has 0 rings (SSSR count). The van der Waals surface area contributed by atoms with Gasteiger partial charge in [-0.15, -0.1) is 0 Å². The van der Waals surface area contributed by atoms with Gasteiger partial charge >= 0.3 is 5.97 Å². The van der Waals surface area contributed by atoms with E-state index >= 15 is 0 Å². The Labute approximate surface area is 95.4 Å². The molecule has 0 saturated heterocycles. The lowest BCUT2D eigenvalue weighted by Gasteiger charge is -2.00. The van der Waals surface area contributed by atoms with Crippen LogP contribution in [0.25, 0.3) is 0 Å². The number of rotatable bonds is 7. The third-order valence-electron chi connectivity index (χ3n) is 1.74. The fourth-order valence-electron chi connectivity index (χ4n) is 0.960. The van der Waals surface area contributed by atoms with Crippen molar-refractivity contribution in [3.8, 4) is 0 Å². The second kappa shape index (κ2) is 8.64. The molecule has 0 aliphatic rings. The summed E-state index contributed by atoms with van der Waals surface area (Å²) in [5, 5.41) is 0. The highest BCUT2D eigenvalue weighted by molar-refractivity contribution is 6.09. The average molecular weight is 226 g/mol. The van der Waals surface area contributed by atoms with Crippen molar-refractivity contribution in [3.05, 3.63) is 11.8 Å². The van der Waals surface area contributed by atoms with Crippen molar-refractivity contribution in [2.45, 2.75) is 26.7 Å². The molecule has 0 fully saturated rings. The Morgan fingerprint density at radius 2 is 2.12 bits per heavy atom. The number of nitrogens with two attached hydrogens (primary N) is 1. The zero-order valence-electron chi connectivity index (χ0n) is 9.73. The molecule has 0 aromatic carbocycles. The van der Waals surface area contributed by atoms with Crippen molar-refractivity contribution < 1.29 is 14.3 Å². The highest BCUT2D eigenvalue weighted by Crippen LogP contribution is 1.95. The minimum Gasteiger partial charge on any atom is -0.462 e. The van der Waals surface area contributed by atoms with Crippen LogP contribution in [0, 0.1) is 0 Å². The van der Waals surface area contributed by atoms with Crippen LogP contribution in [0.4, 0.5) is 0 Å². The quantitative estimate of drug-likeness (QED) is 0.302. The van der Waals surface area contributed by atoms with Gasteiger partial charge in [-0.3, -0.25) is 4.99 Å². The fourth-order valence-corrected chi connectivity index (χ4v) is 0.960. The Morgan fingerprint density at radius 3 is 2.62 bits per heavy atom. The smallest absolute Gasteiger partial charge is 0.341 e. The summed E-state index contributed by atoms with van der Waals surface area (Å²) in [4.78, 5) is 25.9. The third-order valence-corrected chi connectivity index (χ3v) is 1.74. The monoisotopic (exact) mass is 226 g/mol. The van der Waals surface area contributed by atoms with E-state index in [2.05, 4.69) is 4.99 Å². The maximum Gasteiger partial charge on any atom is 0.341 e. The van der Waals surface area contributed by atoms with E-state index in [9.17, 15) is 9.59 Å². The van der Waals surface area contributed by atoms with Crippen molar-refractivity contribution in [1.82, 2.24) is 0 Å². The van der Waals surface area contributed by atoms with Crippen LogP contribution in [-0.2, 0) is 14.3 Å². The van der Waals surface area contributed by atoms with Crippen LogP contribution in [0.1, 0.15) is 26.7 Å². The number of hydrogen-bond acceptors (Lipinski definition) is 5. The molecule has 0 spiro atoms. The van der Waals surface area contributed by atoms with Gasteiger partial charge in [-0.25, -0.2) is 4.79 Å². The van der Waals surface area contributed by atoms with E-state index in [0.717, 1.165) is 6.20 Å². The number of esters is 1. The summed E-state index contributed by atoms with van der Waals surface area (Å²) in [5.74, 6) is -0.351. The second-order valence-corrected chi connectivity index (χ2v) is 3.18. The lowest BCUT2D eigenvalue weighted by Crippen LogP contribution is -2.10. The van der Waals surface area contributed by atoms with Crippen LogP contribution in [0.5, 0.6) is 0 Å². The molecule has 0 unspecified atom stereocenters. The second-order valence-electron chi connectivity index (χ2n) is 3.18. The van der Waals surface area contributed by atoms with Gasteiger partial charge in [0.1, 0.15) is 5.78 Å². The van der Waals surface area contributed by atoms with E-state index in [-0.39, 0.29) is 11.4 Å². The van der Waals surface area contributed by atoms with Crippen LogP contribution in [0.2, 0.25) is 0 Å². The summed E-state index contributed by atoms with van der Waals surface area (Å²) in [6.07, 6.45) is 3.70. The van der Waals surface area contributed by atoms with Gasteiger partial charge in [0, 0.05) is 25.4 Å². The van der Waals surface area contributed by atoms with Crippen molar-refractivity contribution in [2.75, 3.05) is 13.2 Å². The summed E-state index contributed by atoms with van der Waals surface area (Å²) in [6.45, 7) is 4.05. The molecule has 0 amide bonds. The molecule has 16 heavy (non-hydrogen) atoms. The Bertz CT molecular complexity index is 296. The Balaban J connectivity index is 3.99. The van der Waals surface area contributed by atoms with Crippen LogP contribution >= 0.6 is 0 Å². The van der Waals surface area contributed by atoms with Crippen LogP contribution in [-0.4, -0.2) is 31.1 Å². The molecule has 0 aliphatic heterocycles. The van der Waals surface area contributed by atoms with Gasteiger partial charge in [0.25, 0.3) is 0 Å². The van der Waals surface area contributed by atoms with Gasteiger partial charge in [0.2, 0.25) is 0 Å². The number of nitrogens with zero attached hydrogens (tertiary/aromatic N) is 1. The van der Waals surface area contributed by atoms with E-state index in [0.29, 0.717) is 26.0 Å². The number of ether oxygens (including phenoxy) is 1. The lowest BCUT2D eigenvalue weighted by atomic mass is 10.2. The highest BCUT2D eigenvalue weighted by atomic mass is 16.5. The molecule has 5 nitrogen and oxygen atoms in total. The van der Waals surface area contributed by atoms with Crippen molar-refractivity contribution in [3.63, 3.8) is 0 Å².